The molecule has 3 N–H and O–H groups in total. The van der Waals surface area contributed by atoms with Crippen LogP contribution in [0.1, 0.15) is 29.2 Å². The van der Waals surface area contributed by atoms with Gasteiger partial charge in [0.1, 0.15) is 11.3 Å². The van der Waals surface area contributed by atoms with Gasteiger partial charge in [-0.15, -0.1) is 12.4 Å². The first-order valence-electron chi connectivity index (χ1n) is 9.09. The summed E-state index contributed by atoms with van der Waals surface area (Å²) in [4.78, 5) is 26.0. The molecule has 29 heavy (non-hydrogen) atoms. The summed E-state index contributed by atoms with van der Waals surface area (Å²) in [6.45, 7) is 0.759. The third-order valence-electron chi connectivity index (χ3n) is 5.50. The van der Waals surface area contributed by atoms with Crippen molar-refractivity contribution in [3.63, 3.8) is 0 Å². The standard InChI is InChI=1S/C19H22FN3O5.ClH/c1-27-14-8-22(7-13(14)21)16-12(20)5-10-15(18(16)28-2)23(9-3-4-9)6-11(17(10)24)19(25)26;/h5-6,9,13-14H,3-4,7-8,21H2,1-2H3,(H,25,26);1H. The van der Waals surface area contributed by atoms with Crippen LogP contribution in [0.2, 0.25) is 0 Å². The number of benzene rings is 1. The minimum Gasteiger partial charge on any atom is -0.492 e. The Bertz CT molecular complexity index is 1020. The van der Waals surface area contributed by atoms with E-state index < -0.39 is 17.2 Å². The van der Waals surface area contributed by atoms with Gasteiger partial charge in [-0.1, -0.05) is 0 Å². The van der Waals surface area contributed by atoms with E-state index in [0.717, 1.165) is 18.9 Å². The van der Waals surface area contributed by atoms with Crippen LogP contribution < -0.4 is 20.8 Å². The molecular formula is C19H23ClFN3O5. The summed E-state index contributed by atoms with van der Waals surface area (Å²) in [7, 11) is 2.97. The molecule has 10 heteroatoms. The zero-order valence-corrected chi connectivity index (χ0v) is 16.9. The summed E-state index contributed by atoms with van der Waals surface area (Å²) in [5.74, 6) is -1.78. The molecule has 1 aliphatic carbocycles. The first kappa shape index (κ1) is 21.4. The van der Waals surface area contributed by atoms with Gasteiger partial charge in [-0.05, 0) is 18.9 Å². The Labute approximate surface area is 172 Å². The zero-order valence-electron chi connectivity index (χ0n) is 16.1. The van der Waals surface area contributed by atoms with Gasteiger partial charge < -0.3 is 29.8 Å². The second-order valence-corrected chi connectivity index (χ2v) is 7.29. The van der Waals surface area contributed by atoms with Gasteiger partial charge in [0, 0.05) is 32.4 Å². The Balaban J connectivity index is 0.00000240. The lowest BCUT2D eigenvalue weighted by Crippen LogP contribution is -2.34. The van der Waals surface area contributed by atoms with Gasteiger partial charge in [0.2, 0.25) is 5.43 Å². The molecule has 2 aromatic rings. The maximum atomic E-state index is 15.1. The molecule has 0 spiro atoms. The zero-order chi connectivity index (χ0) is 20.2. The van der Waals surface area contributed by atoms with Crippen LogP contribution in [-0.2, 0) is 4.74 Å². The van der Waals surface area contributed by atoms with Gasteiger partial charge in [-0.3, -0.25) is 4.79 Å². The fourth-order valence-corrected chi connectivity index (χ4v) is 3.96. The second-order valence-electron chi connectivity index (χ2n) is 7.29. The van der Waals surface area contributed by atoms with Crippen LogP contribution in [0, 0.1) is 5.82 Å². The minimum absolute atomic E-state index is 0. The van der Waals surface area contributed by atoms with Gasteiger partial charge >= 0.3 is 5.97 Å². The number of methoxy groups -OCH3 is 2. The highest BCUT2D eigenvalue weighted by atomic mass is 35.5. The monoisotopic (exact) mass is 427 g/mol. The topological polar surface area (TPSA) is 107 Å². The number of fused-ring (bicyclic) bond motifs is 1. The molecule has 4 rings (SSSR count). The van der Waals surface area contributed by atoms with Crippen LogP contribution in [0.4, 0.5) is 10.1 Å². The van der Waals surface area contributed by atoms with Crippen LogP contribution in [0.25, 0.3) is 10.9 Å². The minimum atomic E-state index is -1.33. The van der Waals surface area contributed by atoms with E-state index in [0.29, 0.717) is 18.6 Å². The Morgan fingerprint density at radius 2 is 2.00 bits per heavy atom. The average molecular weight is 428 g/mol. The van der Waals surface area contributed by atoms with E-state index in [1.165, 1.54) is 13.3 Å². The van der Waals surface area contributed by atoms with E-state index in [1.807, 2.05) is 0 Å². The number of halogens is 2. The summed E-state index contributed by atoms with van der Waals surface area (Å²) in [5, 5.41) is 9.38. The second kappa shape index (κ2) is 7.81. The fraction of sp³-hybridized carbons (Fsp3) is 0.474. The maximum Gasteiger partial charge on any atom is 0.341 e. The number of nitrogens with zero attached hydrogens (tertiary/aromatic N) is 2. The molecule has 2 unspecified atom stereocenters. The van der Waals surface area contributed by atoms with Crippen molar-refractivity contribution in [2.45, 2.75) is 31.0 Å². The van der Waals surface area contributed by atoms with Gasteiger partial charge in [0.15, 0.2) is 11.6 Å². The molecule has 158 valence electrons. The van der Waals surface area contributed by atoms with Gasteiger partial charge in [0.25, 0.3) is 0 Å². The highest BCUT2D eigenvalue weighted by molar-refractivity contribution is 5.97. The molecule has 0 radical (unpaired) electrons. The molecule has 2 fully saturated rings. The lowest BCUT2D eigenvalue weighted by molar-refractivity contribution is 0.0694. The number of hydrogen-bond donors (Lipinski definition) is 2. The van der Waals surface area contributed by atoms with E-state index in [9.17, 15) is 14.7 Å². The van der Waals surface area contributed by atoms with Gasteiger partial charge in [-0.25, -0.2) is 9.18 Å². The average Bonchev–Trinajstić information content (AvgIpc) is 3.43. The number of carboxylic acids is 1. The molecule has 8 nitrogen and oxygen atoms in total. The predicted octanol–water partition coefficient (Wildman–Crippen LogP) is 1.77. The number of ether oxygens (including phenoxy) is 2. The van der Waals surface area contributed by atoms with Crippen LogP contribution in [0.15, 0.2) is 17.1 Å². The van der Waals surface area contributed by atoms with Crippen LogP contribution in [-0.4, -0.2) is 55.1 Å². The van der Waals surface area contributed by atoms with Crippen molar-refractivity contribution in [2.75, 3.05) is 32.2 Å². The van der Waals surface area contributed by atoms with E-state index in [-0.39, 0.29) is 53.0 Å². The van der Waals surface area contributed by atoms with Crippen LogP contribution in [0.5, 0.6) is 5.75 Å². The Kier molecular flexibility index (Phi) is 5.75. The highest BCUT2D eigenvalue weighted by Crippen LogP contribution is 2.44. The molecular weight excluding hydrogens is 405 g/mol. The first-order valence-corrected chi connectivity index (χ1v) is 9.09. The van der Waals surface area contributed by atoms with E-state index in [4.69, 9.17) is 15.2 Å². The third kappa shape index (κ3) is 3.43. The van der Waals surface area contributed by atoms with Crippen molar-refractivity contribution in [1.82, 2.24) is 4.57 Å². The van der Waals surface area contributed by atoms with Gasteiger partial charge in [-0.2, -0.15) is 0 Å². The van der Waals surface area contributed by atoms with Gasteiger partial charge in [0.05, 0.1) is 30.2 Å². The van der Waals surface area contributed by atoms with Crippen LogP contribution in [0.3, 0.4) is 0 Å². The van der Waals surface area contributed by atoms with E-state index >= 15 is 4.39 Å². The summed E-state index contributed by atoms with van der Waals surface area (Å²) >= 11 is 0. The largest absolute Gasteiger partial charge is 0.492 e. The van der Waals surface area contributed by atoms with Crippen molar-refractivity contribution >= 4 is 35.0 Å². The molecule has 2 atom stereocenters. The molecule has 1 aliphatic heterocycles. The molecule has 0 bridgehead atoms. The van der Waals surface area contributed by atoms with E-state index in [2.05, 4.69) is 0 Å². The Morgan fingerprint density at radius 1 is 1.31 bits per heavy atom. The number of aromatic nitrogens is 1. The van der Waals surface area contributed by atoms with Crippen molar-refractivity contribution in [3.05, 3.63) is 33.9 Å². The third-order valence-corrected chi connectivity index (χ3v) is 5.50. The molecule has 1 saturated heterocycles. The summed E-state index contributed by atoms with van der Waals surface area (Å²) < 4.78 is 27.8. The molecule has 1 saturated carbocycles. The molecule has 2 heterocycles. The number of pyridine rings is 1. The lowest BCUT2D eigenvalue weighted by Gasteiger charge is -2.24. The normalized spacial score (nSPS) is 21.3. The Hall–Kier alpha value is -2.36. The molecule has 1 aromatic carbocycles. The SMILES string of the molecule is COc1c(N2CC(N)C(OC)C2)c(F)cc2c(=O)c(C(=O)O)cn(C3CC3)c12.Cl. The number of aromatic carboxylic acids is 1. The van der Waals surface area contributed by atoms with E-state index in [1.54, 1.807) is 16.6 Å². The molecule has 0 amide bonds. The highest BCUT2D eigenvalue weighted by Gasteiger charge is 2.36. The first-order chi connectivity index (χ1) is 13.4. The maximum absolute atomic E-state index is 15.1. The molecule has 2 aliphatic rings. The summed E-state index contributed by atoms with van der Waals surface area (Å²) in [5.41, 5.74) is 5.60. The number of nitrogens with two attached hydrogens (primary N) is 1. The van der Waals surface area contributed by atoms with Crippen molar-refractivity contribution in [3.8, 4) is 5.75 Å². The number of anilines is 1. The summed E-state index contributed by atoms with van der Waals surface area (Å²) in [6.07, 6.45) is 2.79. The lowest BCUT2D eigenvalue weighted by atomic mass is 10.1. The van der Waals surface area contributed by atoms with Crippen molar-refractivity contribution in [2.24, 2.45) is 5.73 Å². The van der Waals surface area contributed by atoms with Crippen molar-refractivity contribution < 1.29 is 23.8 Å². The quantitative estimate of drug-likeness (QED) is 0.748. The predicted molar refractivity (Wildman–Crippen MR) is 108 cm³/mol. The Morgan fingerprint density at radius 3 is 2.52 bits per heavy atom. The number of rotatable bonds is 5. The fourth-order valence-electron chi connectivity index (χ4n) is 3.96. The molecule has 1 aromatic heterocycles. The summed E-state index contributed by atoms with van der Waals surface area (Å²) in [6, 6.07) is 0.873. The number of hydrogen-bond acceptors (Lipinski definition) is 6. The number of carbonyl (C=O) groups is 1. The van der Waals surface area contributed by atoms with Crippen molar-refractivity contribution in [1.29, 1.82) is 0 Å². The van der Waals surface area contributed by atoms with Crippen LogP contribution >= 0.6 is 12.4 Å². The smallest absolute Gasteiger partial charge is 0.341 e. The number of carboxylic acid groups (broad SMARTS) is 1.